The molecule has 2 saturated heterocycles. The van der Waals surface area contributed by atoms with Gasteiger partial charge in [0, 0.05) is 0 Å². The van der Waals surface area contributed by atoms with Crippen LogP contribution in [0.1, 0.15) is 25.6 Å². The van der Waals surface area contributed by atoms with Crippen LogP contribution < -0.4 is 0 Å². The highest BCUT2D eigenvalue weighted by atomic mass is 16.8. The second-order valence-corrected chi connectivity index (χ2v) is 5.32. The summed E-state index contributed by atoms with van der Waals surface area (Å²) in [5.41, 5.74) is 0.944. The Labute approximate surface area is 104 Å². The summed E-state index contributed by atoms with van der Waals surface area (Å²) < 4.78 is 25.0. The number of hydrogen-bond donors (Lipinski definition) is 0. The molecule has 1 unspecified atom stereocenters. The lowest BCUT2D eigenvalue weighted by atomic mass is 10.1. The zero-order chi connectivity index (χ0) is 12.3. The van der Waals surface area contributed by atoms with Crippen molar-refractivity contribution in [3.05, 3.63) is 11.9 Å². The van der Waals surface area contributed by atoms with E-state index in [0.29, 0.717) is 13.2 Å². The average molecular weight is 253 g/mol. The van der Waals surface area contributed by atoms with E-state index in [2.05, 4.69) is 10.3 Å². The monoisotopic (exact) mass is 253 g/mol. The molecule has 4 atom stereocenters. The second kappa shape index (κ2) is 3.51. The Kier molecular flexibility index (Phi) is 2.12. The molecule has 1 aromatic heterocycles. The molecule has 0 radical (unpaired) electrons. The molecule has 18 heavy (non-hydrogen) atoms. The molecule has 0 spiro atoms. The zero-order valence-corrected chi connectivity index (χ0v) is 10.3. The maximum absolute atomic E-state index is 5.93. The molecule has 3 aliphatic heterocycles. The molecule has 4 rings (SSSR count). The van der Waals surface area contributed by atoms with Crippen LogP contribution in [0.25, 0.3) is 0 Å². The predicted molar refractivity (Wildman–Crippen MR) is 57.4 cm³/mol. The Bertz CT molecular complexity index is 475. The molecule has 3 aliphatic rings. The van der Waals surface area contributed by atoms with Crippen molar-refractivity contribution in [2.45, 2.75) is 50.8 Å². The minimum atomic E-state index is -0.617. The molecule has 0 saturated carbocycles. The van der Waals surface area contributed by atoms with Crippen molar-refractivity contribution in [3.63, 3.8) is 0 Å². The lowest BCUT2D eigenvalue weighted by molar-refractivity contribution is -0.213. The molecule has 1 aromatic rings. The minimum Gasteiger partial charge on any atom is -0.372 e. The molecule has 98 valence electrons. The highest BCUT2D eigenvalue weighted by molar-refractivity contribution is 5.04. The first kappa shape index (κ1) is 10.9. The van der Waals surface area contributed by atoms with Gasteiger partial charge < -0.3 is 18.9 Å². The van der Waals surface area contributed by atoms with Crippen LogP contribution in [-0.4, -0.2) is 45.9 Å². The van der Waals surface area contributed by atoms with Gasteiger partial charge in [-0.15, -0.1) is 5.10 Å². The van der Waals surface area contributed by atoms with Gasteiger partial charge in [-0.3, -0.25) is 0 Å². The molecule has 0 bridgehead atoms. The van der Waals surface area contributed by atoms with E-state index >= 15 is 0 Å². The molecule has 4 heterocycles. The van der Waals surface area contributed by atoms with Gasteiger partial charge in [-0.1, -0.05) is 5.21 Å². The van der Waals surface area contributed by atoms with Crippen LogP contribution in [0, 0.1) is 0 Å². The second-order valence-electron chi connectivity index (χ2n) is 5.32. The molecular weight excluding hydrogens is 238 g/mol. The van der Waals surface area contributed by atoms with Gasteiger partial charge in [-0.2, -0.15) is 0 Å². The predicted octanol–water partition coefficient (Wildman–Crippen LogP) is 0.226. The van der Waals surface area contributed by atoms with Crippen molar-refractivity contribution >= 4 is 0 Å². The van der Waals surface area contributed by atoms with E-state index in [1.54, 1.807) is 6.20 Å². The largest absolute Gasteiger partial charge is 0.372 e. The summed E-state index contributed by atoms with van der Waals surface area (Å²) in [6.07, 6.45) is 1.11. The molecule has 0 aliphatic carbocycles. The lowest BCUT2D eigenvalue weighted by Gasteiger charge is -2.24. The van der Waals surface area contributed by atoms with Crippen molar-refractivity contribution in [1.29, 1.82) is 0 Å². The number of hydrogen-bond acceptors (Lipinski definition) is 6. The van der Waals surface area contributed by atoms with Gasteiger partial charge in [0.15, 0.2) is 12.1 Å². The molecule has 7 heteroatoms. The number of aromatic nitrogens is 3. The van der Waals surface area contributed by atoms with E-state index in [0.717, 1.165) is 5.69 Å². The van der Waals surface area contributed by atoms with Gasteiger partial charge >= 0.3 is 0 Å². The first-order valence-corrected chi connectivity index (χ1v) is 6.12. The lowest BCUT2D eigenvalue weighted by Crippen LogP contribution is -2.34. The van der Waals surface area contributed by atoms with Crippen molar-refractivity contribution in [2.75, 3.05) is 6.61 Å². The van der Waals surface area contributed by atoms with E-state index in [1.807, 2.05) is 18.5 Å². The summed E-state index contributed by atoms with van der Waals surface area (Å²) in [6.45, 7) is 4.80. The third-order valence-corrected chi connectivity index (χ3v) is 3.58. The molecule has 0 amide bonds. The molecular formula is C11H15N3O4. The molecule has 0 N–H and O–H groups in total. The van der Waals surface area contributed by atoms with Gasteiger partial charge in [0.05, 0.1) is 25.1 Å². The van der Waals surface area contributed by atoms with Gasteiger partial charge in [0.25, 0.3) is 0 Å². The standard InChI is InChI=1S/C11H15N3O4/c1-11(2)17-9-8-7(16-10(9)18-11)5-15-4-6-3-12-13-14(6)8/h3,7-10H,4-5H2,1-2H3/t7-,8?,9-,10-/m1/s1. The van der Waals surface area contributed by atoms with Gasteiger partial charge in [-0.25, -0.2) is 4.68 Å². The summed E-state index contributed by atoms with van der Waals surface area (Å²) in [6, 6.07) is -0.0308. The van der Waals surface area contributed by atoms with Crippen LogP contribution in [0.4, 0.5) is 0 Å². The Morgan fingerprint density at radius 3 is 3.17 bits per heavy atom. The summed E-state index contributed by atoms with van der Waals surface area (Å²) >= 11 is 0. The van der Waals surface area contributed by atoms with Crippen LogP contribution in [0.3, 0.4) is 0 Å². The first-order chi connectivity index (χ1) is 8.64. The highest BCUT2D eigenvalue weighted by Crippen LogP contribution is 2.43. The van der Waals surface area contributed by atoms with E-state index < -0.39 is 5.79 Å². The van der Waals surface area contributed by atoms with Crippen LogP contribution in [-0.2, 0) is 25.6 Å². The normalized spacial score (nSPS) is 41.0. The number of rotatable bonds is 0. The van der Waals surface area contributed by atoms with Crippen molar-refractivity contribution in [1.82, 2.24) is 15.0 Å². The van der Waals surface area contributed by atoms with Crippen molar-refractivity contribution in [3.8, 4) is 0 Å². The number of nitrogens with zero attached hydrogens (tertiary/aromatic N) is 3. The average Bonchev–Trinajstić information content (AvgIpc) is 2.89. The fourth-order valence-corrected chi connectivity index (χ4v) is 2.89. The Hall–Kier alpha value is -1.02. The Balaban J connectivity index is 1.73. The smallest absolute Gasteiger partial charge is 0.189 e. The molecule has 0 aromatic carbocycles. The van der Waals surface area contributed by atoms with Gasteiger partial charge in [0.1, 0.15) is 18.2 Å². The third-order valence-electron chi connectivity index (χ3n) is 3.58. The van der Waals surface area contributed by atoms with Crippen LogP contribution in [0.5, 0.6) is 0 Å². The summed E-state index contributed by atoms with van der Waals surface area (Å²) in [4.78, 5) is 0. The van der Waals surface area contributed by atoms with Crippen LogP contribution >= 0.6 is 0 Å². The Morgan fingerprint density at radius 1 is 1.39 bits per heavy atom. The third kappa shape index (κ3) is 1.45. The van der Waals surface area contributed by atoms with Crippen LogP contribution in [0.15, 0.2) is 6.20 Å². The van der Waals surface area contributed by atoms with Gasteiger partial charge in [-0.05, 0) is 13.8 Å². The number of fused-ring (bicyclic) bond motifs is 5. The summed E-state index contributed by atoms with van der Waals surface area (Å²) in [5.74, 6) is -0.617. The maximum atomic E-state index is 5.93. The van der Waals surface area contributed by atoms with E-state index in [9.17, 15) is 0 Å². The fraction of sp³-hybridized carbons (Fsp3) is 0.818. The van der Waals surface area contributed by atoms with E-state index in [-0.39, 0.29) is 24.5 Å². The quantitative estimate of drug-likeness (QED) is 0.659. The topological polar surface area (TPSA) is 67.6 Å². The van der Waals surface area contributed by atoms with E-state index in [1.165, 1.54) is 0 Å². The number of ether oxygens (including phenoxy) is 4. The first-order valence-electron chi connectivity index (χ1n) is 6.12. The molecule has 2 fully saturated rings. The van der Waals surface area contributed by atoms with Crippen molar-refractivity contribution in [2.24, 2.45) is 0 Å². The summed E-state index contributed by atoms with van der Waals surface area (Å²) in [5, 5.41) is 8.08. The summed E-state index contributed by atoms with van der Waals surface area (Å²) in [7, 11) is 0. The van der Waals surface area contributed by atoms with Crippen LogP contribution in [0.2, 0.25) is 0 Å². The maximum Gasteiger partial charge on any atom is 0.189 e. The zero-order valence-electron chi connectivity index (χ0n) is 10.3. The molecule has 7 nitrogen and oxygen atoms in total. The van der Waals surface area contributed by atoms with E-state index in [4.69, 9.17) is 18.9 Å². The minimum absolute atomic E-state index is 0.0308. The van der Waals surface area contributed by atoms with Gasteiger partial charge in [0.2, 0.25) is 0 Å². The highest BCUT2D eigenvalue weighted by Gasteiger charge is 2.56. The van der Waals surface area contributed by atoms with Crippen molar-refractivity contribution < 1.29 is 18.9 Å². The fourth-order valence-electron chi connectivity index (χ4n) is 2.89. The Morgan fingerprint density at radius 2 is 2.28 bits per heavy atom. The SMILES string of the molecule is CC1(C)O[C@H]2O[C@@H]3COCc4cnnn4C3[C@H]2O1.